The Morgan fingerprint density at radius 2 is 2.29 bits per heavy atom. The largest absolute Gasteiger partial charge is 0.369 e. The number of para-hydroxylation sites is 1. The van der Waals surface area contributed by atoms with Gasteiger partial charge in [-0.3, -0.25) is 4.21 Å². The molecule has 1 heterocycles. The molecule has 2 atom stereocenters. The second-order valence-electron chi connectivity index (χ2n) is 4.00. The SMILES string of the molecule is CC(Cn1c(N)nc2c(F)cccc21)S(C)=O. The van der Waals surface area contributed by atoms with Crippen molar-refractivity contribution in [2.45, 2.75) is 18.7 Å². The highest BCUT2D eigenvalue weighted by molar-refractivity contribution is 7.84. The molecule has 4 nitrogen and oxygen atoms in total. The number of nitrogen functional groups attached to an aromatic ring is 1. The molecule has 0 spiro atoms. The molecule has 0 saturated heterocycles. The van der Waals surface area contributed by atoms with Gasteiger partial charge in [-0.1, -0.05) is 6.07 Å². The van der Waals surface area contributed by atoms with Gasteiger partial charge in [0.25, 0.3) is 0 Å². The zero-order valence-corrected chi connectivity index (χ0v) is 10.5. The quantitative estimate of drug-likeness (QED) is 0.904. The topological polar surface area (TPSA) is 60.9 Å². The first-order valence-electron chi connectivity index (χ1n) is 5.23. The maximum atomic E-state index is 13.5. The van der Waals surface area contributed by atoms with E-state index in [0.29, 0.717) is 12.1 Å². The lowest BCUT2D eigenvalue weighted by atomic mass is 10.3. The Hall–Kier alpha value is -1.43. The average Bonchev–Trinajstić information content (AvgIpc) is 2.58. The normalized spacial score (nSPS) is 15.0. The van der Waals surface area contributed by atoms with Crippen LogP contribution in [0, 0.1) is 5.82 Å². The molecule has 0 fully saturated rings. The van der Waals surface area contributed by atoms with Crippen LogP contribution >= 0.6 is 0 Å². The van der Waals surface area contributed by atoms with E-state index in [1.54, 1.807) is 23.0 Å². The van der Waals surface area contributed by atoms with Crippen molar-refractivity contribution in [3.05, 3.63) is 24.0 Å². The number of nitrogens with two attached hydrogens (primary N) is 1. The minimum absolute atomic E-state index is 0.0574. The fourth-order valence-corrected chi connectivity index (χ4v) is 2.04. The van der Waals surface area contributed by atoms with Gasteiger partial charge in [0.1, 0.15) is 5.52 Å². The summed E-state index contributed by atoms with van der Waals surface area (Å²) in [5, 5.41) is -0.0574. The van der Waals surface area contributed by atoms with E-state index in [4.69, 9.17) is 5.73 Å². The number of nitrogens with zero attached hydrogens (tertiary/aromatic N) is 2. The van der Waals surface area contributed by atoms with Crippen molar-refractivity contribution >= 4 is 27.8 Å². The van der Waals surface area contributed by atoms with Crippen molar-refractivity contribution in [2.75, 3.05) is 12.0 Å². The van der Waals surface area contributed by atoms with Crippen molar-refractivity contribution in [2.24, 2.45) is 0 Å². The second-order valence-corrected chi connectivity index (χ2v) is 5.80. The van der Waals surface area contributed by atoms with Gasteiger partial charge >= 0.3 is 0 Å². The second kappa shape index (κ2) is 4.44. The third-order valence-electron chi connectivity index (χ3n) is 2.77. The Kier molecular flexibility index (Phi) is 3.15. The number of aromatic nitrogens is 2. The van der Waals surface area contributed by atoms with Gasteiger partial charge in [-0.25, -0.2) is 9.37 Å². The predicted octanol–water partition coefficient (Wildman–Crippen LogP) is 1.52. The van der Waals surface area contributed by atoms with Crippen LogP contribution in [0.2, 0.25) is 0 Å². The van der Waals surface area contributed by atoms with Crippen molar-refractivity contribution in [1.82, 2.24) is 9.55 Å². The summed E-state index contributed by atoms with van der Waals surface area (Å²) < 4.78 is 26.5. The first-order chi connectivity index (χ1) is 8.00. The zero-order chi connectivity index (χ0) is 12.6. The number of benzene rings is 1. The summed E-state index contributed by atoms with van der Waals surface area (Å²) in [5.74, 6) is -0.138. The molecule has 2 N–H and O–H groups in total. The molecule has 17 heavy (non-hydrogen) atoms. The van der Waals surface area contributed by atoms with E-state index in [-0.39, 0.29) is 16.7 Å². The molecular weight excluding hydrogens is 241 g/mol. The van der Waals surface area contributed by atoms with Gasteiger partial charge in [-0.05, 0) is 19.1 Å². The molecule has 0 amide bonds. The van der Waals surface area contributed by atoms with Crippen LogP contribution in [0.25, 0.3) is 11.0 Å². The number of hydrogen-bond acceptors (Lipinski definition) is 3. The lowest BCUT2D eigenvalue weighted by Gasteiger charge is -2.11. The standard InChI is InChI=1S/C11H14FN3OS/c1-7(17(2)16)6-15-9-5-3-4-8(12)10(9)14-11(15)13/h3-5,7H,6H2,1-2H3,(H2,13,14). The Labute approximate surface area is 101 Å². The maximum absolute atomic E-state index is 13.5. The van der Waals surface area contributed by atoms with Crippen LogP contribution in [-0.4, -0.2) is 25.3 Å². The lowest BCUT2D eigenvalue weighted by Crippen LogP contribution is -2.18. The summed E-state index contributed by atoms with van der Waals surface area (Å²) in [4.78, 5) is 3.99. The molecule has 0 aliphatic rings. The third kappa shape index (κ3) is 2.17. The lowest BCUT2D eigenvalue weighted by molar-refractivity contribution is 0.637. The van der Waals surface area contributed by atoms with Crippen LogP contribution in [0.15, 0.2) is 18.2 Å². The molecule has 2 unspecified atom stereocenters. The number of anilines is 1. The molecule has 2 aromatic rings. The number of halogens is 1. The van der Waals surface area contributed by atoms with Crippen molar-refractivity contribution in [3.8, 4) is 0 Å². The summed E-state index contributed by atoms with van der Waals surface area (Å²) in [5.41, 5.74) is 6.66. The fraction of sp³-hybridized carbons (Fsp3) is 0.364. The van der Waals surface area contributed by atoms with Crippen LogP contribution in [0.5, 0.6) is 0 Å². The summed E-state index contributed by atoms with van der Waals surface area (Å²) in [6.07, 6.45) is 1.64. The maximum Gasteiger partial charge on any atom is 0.201 e. The Bertz CT molecular complexity index is 581. The van der Waals surface area contributed by atoms with Gasteiger partial charge in [0.2, 0.25) is 5.95 Å². The summed E-state index contributed by atoms with van der Waals surface area (Å²) in [6, 6.07) is 4.72. The predicted molar refractivity (Wildman–Crippen MR) is 67.6 cm³/mol. The highest BCUT2D eigenvalue weighted by Gasteiger charge is 2.15. The Morgan fingerprint density at radius 1 is 1.59 bits per heavy atom. The van der Waals surface area contributed by atoms with Crippen LogP contribution in [0.4, 0.5) is 10.3 Å². The van der Waals surface area contributed by atoms with Gasteiger partial charge in [-0.2, -0.15) is 0 Å². The molecule has 0 bridgehead atoms. The molecule has 0 radical (unpaired) electrons. The zero-order valence-electron chi connectivity index (χ0n) is 9.68. The van der Waals surface area contributed by atoms with Crippen molar-refractivity contribution < 1.29 is 8.60 Å². The molecular formula is C11H14FN3OS. The van der Waals surface area contributed by atoms with E-state index < -0.39 is 16.6 Å². The van der Waals surface area contributed by atoms with Gasteiger partial charge in [0.15, 0.2) is 5.82 Å². The van der Waals surface area contributed by atoms with Gasteiger partial charge in [0, 0.05) is 28.9 Å². The molecule has 0 aliphatic carbocycles. The smallest absolute Gasteiger partial charge is 0.201 e. The van der Waals surface area contributed by atoms with E-state index >= 15 is 0 Å². The molecule has 92 valence electrons. The third-order valence-corrected chi connectivity index (χ3v) is 4.05. The van der Waals surface area contributed by atoms with Crippen LogP contribution in [0.1, 0.15) is 6.92 Å². The molecule has 1 aromatic carbocycles. The number of fused-ring (bicyclic) bond motifs is 1. The van der Waals surface area contributed by atoms with E-state index in [0.717, 1.165) is 0 Å². The molecule has 0 aliphatic heterocycles. The summed E-state index contributed by atoms with van der Waals surface area (Å²) >= 11 is 0. The van der Waals surface area contributed by atoms with Crippen molar-refractivity contribution in [1.29, 1.82) is 0 Å². The van der Waals surface area contributed by atoms with E-state index in [1.807, 2.05) is 6.92 Å². The van der Waals surface area contributed by atoms with Gasteiger partial charge in [-0.15, -0.1) is 0 Å². The number of hydrogen-bond donors (Lipinski definition) is 1. The van der Waals surface area contributed by atoms with Gasteiger partial charge < -0.3 is 10.3 Å². The van der Waals surface area contributed by atoms with E-state index in [2.05, 4.69) is 4.98 Å². The monoisotopic (exact) mass is 255 g/mol. The average molecular weight is 255 g/mol. The highest BCUT2D eigenvalue weighted by atomic mass is 32.2. The minimum Gasteiger partial charge on any atom is -0.369 e. The van der Waals surface area contributed by atoms with Crippen molar-refractivity contribution in [3.63, 3.8) is 0 Å². The highest BCUT2D eigenvalue weighted by Crippen LogP contribution is 2.21. The van der Waals surface area contributed by atoms with Gasteiger partial charge in [0.05, 0.1) is 5.52 Å². The fourth-order valence-electron chi connectivity index (χ4n) is 1.68. The summed E-state index contributed by atoms with van der Waals surface area (Å²) in [7, 11) is -0.949. The summed E-state index contributed by atoms with van der Waals surface area (Å²) in [6.45, 7) is 2.33. The first-order valence-corrected chi connectivity index (χ1v) is 6.85. The van der Waals surface area contributed by atoms with Crippen LogP contribution in [-0.2, 0) is 17.3 Å². The molecule has 1 aromatic heterocycles. The number of rotatable bonds is 3. The van der Waals surface area contributed by atoms with E-state index in [1.165, 1.54) is 6.07 Å². The van der Waals surface area contributed by atoms with Crippen LogP contribution < -0.4 is 5.73 Å². The van der Waals surface area contributed by atoms with E-state index in [9.17, 15) is 8.60 Å². The minimum atomic E-state index is -0.949. The number of imidazole rings is 1. The molecule has 6 heteroatoms. The Balaban J connectivity index is 2.50. The first kappa shape index (κ1) is 12.0. The molecule has 0 saturated carbocycles. The van der Waals surface area contributed by atoms with Crippen LogP contribution in [0.3, 0.4) is 0 Å². The molecule has 2 rings (SSSR count). The Morgan fingerprint density at radius 3 is 2.94 bits per heavy atom.